The lowest BCUT2D eigenvalue weighted by molar-refractivity contribution is -0.0152. The van der Waals surface area contributed by atoms with Gasteiger partial charge in [-0.1, -0.05) is 13.8 Å². The fourth-order valence-corrected chi connectivity index (χ4v) is 1.64. The molecule has 1 unspecified atom stereocenters. The lowest BCUT2D eigenvalue weighted by Gasteiger charge is -2.24. The van der Waals surface area contributed by atoms with Crippen molar-refractivity contribution in [3.05, 3.63) is 0 Å². The Morgan fingerprint density at radius 3 is 2.27 bits per heavy atom. The van der Waals surface area contributed by atoms with Crippen molar-refractivity contribution in [1.29, 1.82) is 0 Å². The van der Waals surface area contributed by atoms with Crippen LogP contribution in [0.5, 0.6) is 0 Å². The Morgan fingerprint density at radius 2 is 1.87 bits per heavy atom. The third-order valence-electron chi connectivity index (χ3n) is 2.91. The first-order valence-corrected chi connectivity index (χ1v) is 6.30. The van der Waals surface area contributed by atoms with Gasteiger partial charge in [-0.15, -0.1) is 0 Å². The lowest BCUT2D eigenvalue weighted by Crippen LogP contribution is -2.26. The number of rotatable bonds is 8. The Morgan fingerprint density at radius 1 is 1.27 bits per heavy atom. The molecule has 0 aliphatic carbocycles. The van der Waals surface area contributed by atoms with Gasteiger partial charge in [-0.05, 0) is 37.9 Å². The second-order valence-electron chi connectivity index (χ2n) is 4.98. The lowest BCUT2D eigenvalue weighted by atomic mass is 9.99. The maximum absolute atomic E-state index is 5.66. The van der Waals surface area contributed by atoms with Crippen LogP contribution < -0.4 is 0 Å². The summed E-state index contributed by atoms with van der Waals surface area (Å²) in [4.78, 5) is 0. The molecule has 0 N–H and O–H groups in total. The predicted molar refractivity (Wildman–Crippen MR) is 68.7 cm³/mol. The average Bonchev–Trinajstić information content (AvgIpc) is 2.17. The molecule has 0 aliphatic heterocycles. The van der Waals surface area contributed by atoms with Gasteiger partial charge in [-0.25, -0.2) is 0 Å². The number of methoxy groups -OCH3 is 1. The van der Waals surface area contributed by atoms with E-state index in [1.54, 1.807) is 7.11 Å². The molecule has 1 atom stereocenters. The van der Waals surface area contributed by atoms with Crippen molar-refractivity contribution in [2.24, 2.45) is 11.8 Å². The first-order chi connectivity index (χ1) is 6.93. The van der Waals surface area contributed by atoms with Crippen LogP contribution in [0.3, 0.4) is 0 Å². The van der Waals surface area contributed by atoms with Crippen LogP contribution in [0.25, 0.3) is 0 Å². The van der Waals surface area contributed by atoms with Crippen molar-refractivity contribution in [3.63, 3.8) is 0 Å². The number of thiol groups is 1. The van der Waals surface area contributed by atoms with Gasteiger partial charge >= 0.3 is 0 Å². The molecule has 0 saturated carbocycles. The van der Waals surface area contributed by atoms with Gasteiger partial charge in [-0.2, -0.15) is 12.6 Å². The molecule has 0 spiro atoms. The molecule has 0 aromatic heterocycles. The molecule has 0 heterocycles. The van der Waals surface area contributed by atoms with Crippen molar-refractivity contribution >= 4 is 12.6 Å². The summed E-state index contributed by atoms with van der Waals surface area (Å²) in [7, 11) is 1.74. The Hall–Kier alpha value is 0.270. The van der Waals surface area contributed by atoms with Gasteiger partial charge in [0.05, 0.1) is 12.2 Å². The van der Waals surface area contributed by atoms with E-state index in [1.807, 2.05) is 0 Å². The number of hydrogen-bond donors (Lipinski definition) is 1. The molecule has 15 heavy (non-hydrogen) atoms. The van der Waals surface area contributed by atoms with E-state index in [9.17, 15) is 0 Å². The summed E-state index contributed by atoms with van der Waals surface area (Å²) < 4.78 is 11.0. The quantitative estimate of drug-likeness (QED) is 0.514. The molecule has 0 amide bonds. The van der Waals surface area contributed by atoms with E-state index in [-0.39, 0.29) is 5.60 Å². The third-order valence-corrected chi connectivity index (χ3v) is 3.38. The highest BCUT2D eigenvalue weighted by Gasteiger charge is 2.17. The smallest absolute Gasteiger partial charge is 0.0644 e. The third kappa shape index (κ3) is 7.20. The molecule has 2 nitrogen and oxygen atoms in total. The summed E-state index contributed by atoms with van der Waals surface area (Å²) in [5.41, 5.74) is -0.0751. The molecule has 0 aromatic carbocycles. The van der Waals surface area contributed by atoms with E-state index in [2.05, 4.69) is 40.3 Å². The van der Waals surface area contributed by atoms with Gasteiger partial charge in [0.25, 0.3) is 0 Å². The highest BCUT2D eigenvalue weighted by molar-refractivity contribution is 7.80. The highest BCUT2D eigenvalue weighted by Crippen LogP contribution is 2.15. The van der Waals surface area contributed by atoms with Crippen LogP contribution in [0.4, 0.5) is 0 Å². The first kappa shape index (κ1) is 15.3. The minimum atomic E-state index is -0.0751. The number of ether oxygens (including phenoxy) is 2. The molecular weight excluding hydrogens is 208 g/mol. The molecule has 0 fully saturated rings. The fourth-order valence-electron chi connectivity index (χ4n) is 1.11. The molecule has 92 valence electrons. The van der Waals surface area contributed by atoms with E-state index in [1.165, 1.54) is 0 Å². The summed E-state index contributed by atoms with van der Waals surface area (Å²) in [6.45, 7) is 10.1. The SMILES string of the molecule is COC(C)(C)CCOCC(CS)C(C)C. The second-order valence-corrected chi connectivity index (χ2v) is 5.34. The minimum Gasteiger partial charge on any atom is -0.381 e. The maximum atomic E-state index is 5.66. The summed E-state index contributed by atoms with van der Waals surface area (Å²) >= 11 is 4.33. The Kier molecular flexibility index (Phi) is 7.66. The fraction of sp³-hybridized carbons (Fsp3) is 1.00. The molecular formula is C12H26O2S. The zero-order valence-electron chi connectivity index (χ0n) is 10.7. The summed E-state index contributed by atoms with van der Waals surface area (Å²) in [5.74, 6) is 2.09. The van der Waals surface area contributed by atoms with E-state index in [4.69, 9.17) is 9.47 Å². The van der Waals surface area contributed by atoms with Crippen molar-refractivity contribution in [2.45, 2.75) is 39.7 Å². The average molecular weight is 234 g/mol. The zero-order chi connectivity index (χ0) is 11.9. The van der Waals surface area contributed by atoms with E-state index < -0.39 is 0 Å². The summed E-state index contributed by atoms with van der Waals surface area (Å²) in [6.07, 6.45) is 0.931. The van der Waals surface area contributed by atoms with Crippen LogP contribution in [0.1, 0.15) is 34.1 Å². The van der Waals surface area contributed by atoms with Crippen LogP contribution in [0.2, 0.25) is 0 Å². The molecule has 0 saturated heterocycles. The standard InChI is InChI=1S/C12H26O2S/c1-10(2)11(9-15)8-14-7-6-12(3,4)13-5/h10-11,15H,6-9H2,1-5H3. The molecule has 3 heteroatoms. The molecule has 0 aromatic rings. The van der Waals surface area contributed by atoms with Gasteiger partial charge in [0, 0.05) is 13.7 Å². The predicted octanol–water partition coefficient (Wildman–Crippen LogP) is 3.02. The van der Waals surface area contributed by atoms with Gasteiger partial charge in [0.2, 0.25) is 0 Å². The van der Waals surface area contributed by atoms with E-state index >= 15 is 0 Å². The largest absolute Gasteiger partial charge is 0.381 e. The Labute approximate surface area is 100 Å². The van der Waals surface area contributed by atoms with Gasteiger partial charge in [-0.3, -0.25) is 0 Å². The van der Waals surface area contributed by atoms with Crippen molar-refractivity contribution < 1.29 is 9.47 Å². The summed E-state index contributed by atoms with van der Waals surface area (Å²) in [5, 5.41) is 0. The van der Waals surface area contributed by atoms with Gasteiger partial charge in [0.15, 0.2) is 0 Å². The van der Waals surface area contributed by atoms with Crippen LogP contribution in [-0.2, 0) is 9.47 Å². The zero-order valence-corrected chi connectivity index (χ0v) is 11.6. The van der Waals surface area contributed by atoms with Crippen molar-refractivity contribution in [1.82, 2.24) is 0 Å². The van der Waals surface area contributed by atoms with Crippen LogP contribution in [0.15, 0.2) is 0 Å². The van der Waals surface area contributed by atoms with E-state index in [0.29, 0.717) is 11.8 Å². The minimum absolute atomic E-state index is 0.0751. The van der Waals surface area contributed by atoms with Crippen LogP contribution in [-0.4, -0.2) is 31.7 Å². The maximum Gasteiger partial charge on any atom is 0.0644 e. The van der Waals surface area contributed by atoms with Crippen molar-refractivity contribution in [3.8, 4) is 0 Å². The van der Waals surface area contributed by atoms with Gasteiger partial charge in [0.1, 0.15) is 0 Å². The molecule has 0 aliphatic rings. The Bertz CT molecular complexity index is 158. The topological polar surface area (TPSA) is 18.5 Å². The molecule has 0 rings (SSSR count). The highest BCUT2D eigenvalue weighted by atomic mass is 32.1. The van der Waals surface area contributed by atoms with Gasteiger partial charge < -0.3 is 9.47 Å². The summed E-state index contributed by atoms with van der Waals surface area (Å²) in [6, 6.07) is 0. The van der Waals surface area contributed by atoms with Crippen LogP contribution >= 0.6 is 12.6 Å². The number of hydrogen-bond acceptors (Lipinski definition) is 3. The molecule has 0 bridgehead atoms. The van der Waals surface area contributed by atoms with Crippen molar-refractivity contribution in [2.75, 3.05) is 26.1 Å². The van der Waals surface area contributed by atoms with E-state index in [0.717, 1.165) is 25.4 Å². The van der Waals surface area contributed by atoms with Crippen LogP contribution in [0, 0.1) is 11.8 Å². The molecule has 0 radical (unpaired) electrons. The Balaban J connectivity index is 3.61. The normalized spacial score (nSPS) is 14.6. The monoisotopic (exact) mass is 234 g/mol. The second kappa shape index (κ2) is 7.53. The first-order valence-electron chi connectivity index (χ1n) is 5.66.